The van der Waals surface area contributed by atoms with Crippen LogP contribution < -0.4 is 10.9 Å². The molecule has 0 unspecified atom stereocenters. The maximum atomic E-state index is 12.4. The number of benzene rings is 1. The second kappa shape index (κ2) is 5.11. The fourth-order valence-corrected chi connectivity index (χ4v) is 3.09. The van der Waals surface area contributed by atoms with E-state index in [1.54, 1.807) is 24.5 Å². The molecule has 4 rings (SSSR count). The molecule has 1 aromatic carbocycles. The lowest BCUT2D eigenvalue weighted by atomic mass is 10.2. The van der Waals surface area contributed by atoms with Gasteiger partial charge in [-0.05, 0) is 30.3 Å². The van der Waals surface area contributed by atoms with E-state index in [2.05, 4.69) is 15.4 Å². The largest absolute Gasteiger partial charge is 0.467 e. The third kappa shape index (κ3) is 2.24. The van der Waals surface area contributed by atoms with Crippen molar-refractivity contribution in [3.8, 4) is 0 Å². The molecule has 0 radical (unpaired) electrons. The van der Waals surface area contributed by atoms with Crippen molar-refractivity contribution in [1.82, 2.24) is 14.6 Å². The van der Waals surface area contributed by atoms with Gasteiger partial charge in [0.2, 0.25) is 10.1 Å². The van der Waals surface area contributed by atoms with E-state index in [0.717, 1.165) is 5.76 Å². The lowest BCUT2D eigenvalue weighted by Crippen LogP contribution is -2.15. The van der Waals surface area contributed by atoms with Crippen molar-refractivity contribution in [1.29, 1.82) is 0 Å². The van der Waals surface area contributed by atoms with E-state index in [9.17, 15) is 4.79 Å². The van der Waals surface area contributed by atoms with E-state index in [1.165, 1.54) is 15.9 Å². The third-order valence-electron chi connectivity index (χ3n) is 3.15. The summed E-state index contributed by atoms with van der Waals surface area (Å²) in [5.74, 6) is 0.788. The molecule has 6 nitrogen and oxygen atoms in total. The molecule has 8 heteroatoms. The summed E-state index contributed by atoms with van der Waals surface area (Å²) >= 11 is 7.24. The van der Waals surface area contributed by atoms with Gasteiger partial charge in [0, 0.05) is 5.02 Å². The summed E-state index contributed by atoms with van der Waals surface area (Å²) < 4.78 is 6.53. The van der Waals surface area contributed by atoms with E-state index in [4.69, 9.17) is 16.0 Å². The number of fused-ring (bicyclic) bond motifs is 2. The molecule has 3 heterocycles. The highest BCUT2D eigenvalue weighted by atomic mass is 35.5. The van der Waals surface area contributed by atoms with Crippen LogP contribution in [-0.2, 0) is 6.54 Å². The molecule has 1 N–H and O–H groups in total. The van der Waals surface area contributed by atoms with Crippen molar-refractivity contribution in [2.45, 2.75) is 6.54 Å². The predicted molar refractivity (Wildman–Crippen MR) is 85.7 cm³/mol. The normalized spacial score (nSPS) is 11.3. The van der Waals surface area contributed by atoms with Crippen LogP contribution in [0.1, 0.15) is 5.76 Å². The lowest BCUT2D eigenvalue weighted by molar-refractivity contribution is 0.518. The number of rotatable bonds is 3. The summed E-state index contributed by atoms with van der Waals surface area (Å²) in [5.41, 5.74) is 0.375. The minimum absolute atomic E-state index is 0.232. The van der Waals surface area contributed by atoms with Gasteiger partial charge in [-0.1, -0.05) is 22.9 Å². The molecular weight excluding hydrogens is 324 g/mol. The monoisotopic (exact) mass is 332 g/mol. The Balaban J connectivity index is 1.78. The summed E-state index contributed by atoms with van der Waals surface area (Å²) in [4.78, 5) is 17.4. The van der Waals surface area contributed by atoms with Gasteiger partial charge in [-0.15, -0.1) is 5.10 Å². The van der Waals surface area contributed by atoms with E-state index >= 15 is 0 Å². The zero-order valence-electron chi connectivity index (χ0n) is 11.1. The maximum absolute atomic E-state index is 12.4. The molecule has 0 spiro atoms. The van der Waals surface area contributed by atoms with Crippen LogP contribution in [0.4, 0.5) is 5.13 Å². The van der Waals surface area contributed by atoms with Crippen molar-refractivity contribution < 1.29 is 4.42 Å². The number of hydrogen-bond donors (Lipinski definition) is 1. The van der Waals surface area contributed by atoms with Gasteiger partial charge in [-0.25, -0.2) is 4.98 Å². The molecule has 0 saturated heterocycles. The zero-order chi connectivity index (χ0) is 15.1. The first-order chi connectivity index (χ1) is 10.7. The molecule has 22 heavy (non-hydrogen) atoms. The van der Waals surface area contributed by atoms with Gasteiger partial charge in [-0.3, -0.25) is 4.79 Å². The van der Waals surface area contributed by atoms with Gasteiger partial charge < -0.3 is 9.73 Å². The molecule has 0 bridgehead atoms. The van der Waals surface area contributed by atoms with E-state index < -0.39 is 0 Å². The van der Waals surface area contributed by atoms with Crippen LogP contribution in [0.15, 0.2) is 45.8 Å². The van der Waals surface area contributed by atoms with Crippen molar-refractivity contribution in [2.75, 3.05) is 5.32 Å². The second-order valence-electron chi connectivity index (χ2n) is 4.61. The van der Waals surface area contributed by atoms with Crippen LogP contribution in [0.5, 0.6) is 0 Å². The molecule has 110 valence electrons. The number of halogens is 1. The standard InChI is InChI=1S/C14H9ClN4O2S/c15-8-3-4-11-10(6-8)12(20)19-14(17-11)22-13(18-19)16-7-9-2-1-5-21-9/h1-6H,7H2,(H,16,18). The van der Waals surface area contributed by atoms with Crippen LogP contribution in [-0.4, -0.2) is 14.6 Å². The summed E-state index contributed by atoms with van der Waals surface area (Å²) in [6, 6.07) is 8.73. The summed E-state index contributed by atoms with van der Waals surface area (Å²) in [6.07, 6.45) is 1.61. The highest BCUT2D eigenvalue weighted by Gasteiger charge is 2.11. The minimum atomic E-state index is -0.232. The summed E-state index contributed by atoms with van der Waals surface area (Å²) in [6.45, 7) is 0.493. The molecule has 3 aromatic heterocycles. The second-order valence-corrected chi connectivity index (χ2v) is 6.01. The Bertz CT molecular complexity index is 1020. The van der Waals surface area contributed by atoms with Gasteiger partial charge >= 0.3 is 0 Å². The fraction of sp³-hybridized carbons (Fsp3) is 0.0714. The van der Waals surface area contributed by atoms with Crippen molar-refractivity contribution in [3.63, 3.8) is 0 Å². The van der Waals surface area contributed by atoms with Crippen LogP contribution in [0.3, 0.4) is 0 Å². The number of furan rings is 1. The van der Waals surface area contributed by atoms with Gasteiger partial charge in [0.05, 0.1) is 23.7 Å². The lowest BCUT2D eigenvalue weighted by Gasteiger charge is -1.97. The number of hydrogen-bond acceptors (Lipinski definition) is 6. The molecule has 0 saturated carbocycles. The topological polar surface area (TPSA) is 72.4 Å². The summed E-state index contributed by atoms with van der Waals surface area (Å²) in [5, 5.41) is 8.92. The minimum Gasteiger partial charge on any atom is -0.467 e. The quantitative estimate of drug-likeness (QED) is 0.624. The summed E-state index contributed by atoms with van der Waals surface area (Å²) in [7, 11) is 0. The van der Waals surface area contributed by atoms with Crippen LogP contribution >= 0.6 is 22.9 Å². The number of nitrogens with zero attached hydrogens (tertiary/aromatic N) is 3. The first-order valence-electron chi connectivity index (χ1n) is 6.46. The van der Waals surface area contributed by atoms with Crippen molar-refractivity contribution in [3.05, 3.63) is 57.7 Å². The molecule has 0 fully saturated rings. The van der Waals surface area contributed by atoms with Gasteiger partial charge in [0.1, 0.15) is 5.76 Å². The number of nitrogens with one attached hydrogen (secondary N) is 1. The number of aromatic nitrogens is 3. The Morgan fingerprint density at radius 1 is 1.36 bits per heavy atom. The Labute approximate surface area is 133 Å². The smallest absolute Gasteiger partial charge is 0.283 e. The average Bonchev–Trinajstić information content (AvgIpc) is 3.15. The van der Waals surface area contributed by atoms with Crippen molar-refractivity contribution >= 4 is 43.9 Å². The molecule has 4 aromatic rings. The first kappa shape index (κ1) is 13.3. The molecule has 0 atom stereocenters. The molecule has 0 amide bonds. The third-order valence-corrected chi connectivity index (χ3v) is 4.25. The average molecular weight is 333 g/mol. The molecule has 0 aliphatic heterocycles. The predicted octanol–water partition coefficient (Wildman–Crippen LogP) is 3.16. The zero-order valence-corrected chi connectivity index (χ0v) is 12.7. The fourth-order valence-electron chi connectivity index (χ4n) is 2.13. The van der Waals surface area contributed by atoms with Crippen LogP contribution in [0.2, 0.25) is 5.02 Å². The van der Waals surface area contributed by atoms with Crippen LogP contribution in [0.25, 0.3) is 15.9 Å². The van der Waals surface area contributed by atoms with Gasteiger partial charge in [0.25, 0.3) is 5.56 Å². The van der Waals surface area contributed by atoms with Gasteiger partial charge in [-0.2, -0.15) is 4.52 Å². The van der Waals surface area contributed by atoms with Crippen molar-refractivity contribution in [2.24, 2.45) is 0 Å². The molecular formula is C14H9ClN4O2S. The van der Waals surface area contributed by atoms with Gasteiger partial charge in [0.15, 0.2) is 0 Å². The maximum Gasteiger partial charge on any atom is 0.283 e. The Hall–Kier alpha value is -2.38. The Kier molecular flexibility index (Phi) is 3.09. The number of anilines is 1. The van der Waals surface area contributed by atoms with E-state index in [0.29, 0.717) is 32.6 Å². The Morgan fingerprint density at radius 2 is 2.27 bits per heavy atom. The first-order valence-corrected chi connectivity index (χ1v) is 7.65. The Morgan fingerprint density at radius 3 is 3.09 bits per heavy atom. The SMILES string of the molecule is O=c1c2cc(Cl)ccc2nc2sc(NCc3ccco3)nn12. The van der Waals surface area contributed by atoms with E-state index in [-0.39, 0.29) is 5.56 Å². The highest BCUT2D eigenvalue weighted by molar-refractivity contribution is 7.20. The van der Waals surface area contributed by atoms with Crippen LogP contribution in [0, 0.1) is 0 Å². The van der Waals surface area contributed by atoms with E-state index in [1.807, 2.05) is 12.1 Å². The molecule has 0 aliphatic carbocycles. The molecule has 0 aliphatic rings. The highest BCUT2D eigenvalue weighted by Crippen LogP contribution is 2.21.